The van der Waals surface area contributed by atoms with Crippen molar-refractivity contribution in [3.63, 3.8) is 0 Å². The van der Waals surface area contributed by atoms with Crippen LogP contribution in [0.4, 0.5) is 11.4 Å². The van der Waals surface area contributed by atoms with E-state index in [0.717, 1.165) is 0 Å². The summed E-state index contributed by atoms with van der Waals surface area (Å²) in [5.74, 6) is -2.44. The Labute approximate surface area is 154 Å². The van der Waals surface area contributed by atoms with E-state index in [9.17, 15) is 29.6 Å². The number of aliphatic carboxylic acids is 1. The molecule has 0 saturated carbocycles. The van der Waals surface area contributed by atoms with Gasteiger partial charge in [0.25, 0.3) is 11.6 Å². The first-order valence-corrected chi connectivity index (χ1v) is 7.92. The Bertz CT molecular complexity index is 896. The number of hydrogen-bond acceptors (Lipinski definition) is 5. The van der Waals surface area contributed by atoms with Gasteiger partial charge in [0.05, 0.1) is 16.2 Å². The van der Waals surface area contributed by atoms with Gasteiger partial charge in [-0.15, -0.1) is 0 Å². The fourth-order valence-electron chi connectivity index (χ4n) is 2.50. The van der Waals surface area contributed by atoms with E-state index < -0.39 is 22.8 Å². The van der Waals surface area contributed by atoms with Gasteiger partial charge in [-0.1, -0.05) is 30.3 Å². The summed E-state index contributed by atoms with van der Waals surface area (Å²) >= 11 is 0. The first kappa shape index (κ1) is 19.6. The van der Waals surface area contributed by atoms with E-state index in [2.05, 4.69) is 10.6 Å². The molecule has 9 heteroatoms. The topological polar surface area (TPSA) is 139 Å². The van der Waals surface area contributed by atoms with Crippen LogP contribution in [-0.4, -0.2) is 33.9 Å². The lowest BCUT2D eigenvalue weighted by Crippen LogP contribution is -2.42. The Balaban J connectivity index is 2.25. The molecule has 2 amide bonds. The van der Waals surface area contributed by atoms with Gasteiger partial charge in [-0.2, -0.15) is 0 Å². The van der Waals surface area contributed by atoms with Crippen LogP contribution in [0.15, 0.2) is 48.5 Å². The minimum absolute atomic E-state index is 0.0847. The van der Waals surface area contributed by atoms with Crippen molar-refractivity contribution >= 4 is 29.2 Å². The normalized spacial score (nSPS) is 11.3. The molecule has 27 heavy (non-hydrogen) atoms. The molecule has 0 radical (unpaired) electrons. The molecule has 9 nitrogen and oxygen atoms in total. The van der Waals surface area contributed by atoms with Gasteiger partial charge in [0, 0.05) is 25.0 Å². The quantitative estimate of drug-likeness (QED) is 0.502. The number of hydrogen-bond donors (Lipinski definition) is 3. The van der Waals surface area contributed by atoms with E-state index in [1.54, 1.807) is 18.2 Å². The third kappa shape index (κ3) is 5.11. The second-order valence-electron chi connectivity index (χ2n) is 5.68. The number of benzene rings is 2. The molecule has 2 aromatic rings. The minimum atomic E-state index is -1.39. The Morgan fingerprint density at radius 2 is 1.74 bits per heavy atom. The number of rotatable bonds is 7. The minimum Gasteiger partial charge on any atom is -0.480 e. The summed E-state index contributed by atoms with van der Waals surface area (Å²) in [6, 6.07) is 10.5. The van der Waals surface area contributed by atoms with Crippen LogP contribution in [-0.2, 0) is 16.0 Å². The van der Waals surface area contributed by atoms with Crippen LogP contribution < -0.4 is 10.6 Å². The second kappa shape index (κ2) is 8.56. The summed E-state index contributed by atoms with van der Waals surface area (Å²) in [7, 11) is 0. The molecule has 0 aromatic heterocycles. The van der Waals surface area contributed by atoms with Gasteiger partial charge in [-0.05, 0) is 12.1 Å². The van der Waals surface area contributed by atoms with E-state index in [-0.39, 0.29) is 34.8 Å². The van der Waals surface area contributed by atoms with Gasteiger partial charge < -0.3 is 15.7 Å². The van der Waals surface area contributed by atoms with Crippen molar-refractivity contribution in [2.75, 3.05) is 5.32 Å². The highest BCUT2D eigenvalue weighted by atomic mass is 16.6. The van der Waals surface area contributed by atoms with Crippen LogP contribution in [0.1, 0.15) is 22.8 Å². The van der Waals surface area contributed by atoms with Gasteiger partial charge in [-0.25, -0.2) is 4.79 Å². The van der Waals surface area contributed by atoms with Crippen molar-refractivity contribution in [3.05, 3.63) is 69.8 Å². The SMILES string of the molecule is CC(=O)Nc1ccccc1C(=O)N[C@H](Cc1ccccc1[N+](=O)[O-])C(=O)O. The molecule has 0 spiro atoms. The molecule has 0 unspecified atom stereocenters. The maximum Gasteiger partial charge on any atom is 0.326 e. The molecule has 0 aliphatic heterocycles. The highest BCUT2D eigenvalue weighted by molar-refractivity contribution is 6.04. The van der Waals surface area contributed by atoms with Crippen molar-refractivity contribution in [3.8, 4) is 0 Å². The summed E-state index contributed by atoms with van der Waals surface area (Å²) in [5.41, 5.74) is 0.279. The summed E-state index contributed by atoms with van der Waals surface area (Å²) in [6.07, 6.45) is -0.263. The number of carbonyl (C=O) groups is 3. The smallest absolute Gasteiger partial charge is 0.326 e. The first-order chi connectivity index (χ1) is 12.8. The van der Waals surface area contributed by atoms with Crippen LogP contribution in [0.2, 0.25) is 0 Å². The molecule has 0 fully saturated rings. The molecule has 2 rings (SSSR count). The summed E-state index contributed by atoms with van der Waals surface area (Å²) in [6.45, 7) is 1.28. The molecule has 2 aromatic carbocycles. The standard InChI is InChI=1S/C18H17N3O6/c1-11(22)19-14-8-4-3-7-13(14)17(23)20-15(18(24)25)10-12-6-2-5-9-16(12)21(26)27/h2-9,15H,10H2,1H3,(H,19,22)(H,20,23)(H,24,25)/t15-/m1/s1. The van der Waals surface area contributed by atoms with Gasteiger partial charge >= 0.3 is 5.97 Å². The van der Waals surface area contributed by atoms with E-state index in [1.165, 1.54) is 37.3 Å². The van der Waals surface area contributed by atoms with Crippen molar-refractivity contribution in [2.24, 2.45) is 0 Å². The maximum atomic E-state index is 12.5. The average molecular weight is 371 g/mol. The van der Waals surface area contributed by atoms with Crippen LogP contribution in [0, 0.1) is 10.1 Å². The summed E-state index contributed by atoms with van der Waals surface area (Å²) in [4.78, 5) is 45.8. The highest BCUT2D eigenvalue weighted by Crippen LogP contribution is 2.20. The Hall–Kier alpha value is -3.75. The number of nitrogens with one attached hydrogen (secondary N) is 2. The Morgan fingerprint density at radius 1 is 1.11 bits per heavy atom. The van der Waals surface area contributed by atoms with E-state index >= 15 is 0 Å². The molecule has 140 valence electrons. The fourth-order valence-corrected chi connectivity index (χ4v) is 2.50. The van der Waals surface area contributed by atoms with Crippen LogP contribution >= 0.6 is 0 Å². The summed E-state index contributed by atoms with van der Waals surface area (Å²) in [5, 5.41) is 25.4. The van der Waals surface area contributed by atoms with E-state index in [4.69, 9.17) is 0 Å². The third-order valence-corrected chi connectivity index (χ3v) is 3.70. The van der Waals surface area contributed by atoms with Crippen molar-refractivity contribution in [1.29, 1.82) is 0 Å². The third-order valence-electron chi connectivity index (χ3n) is 3.70. The predicted octanol–water partition coefficient (Wildman–Crippen LogP) is 1.98. The largest absolute Gasteiger partial charge is 0.480 e. The Kier molecular flexibility index (Phi) is 6.21. The lowest BCUT2D eigenvalue weighted by Gasteiger charge is -2.16. The molecule has 0 aliphatic carbocycles. The molecular weight excluding hydrogens is 354 g/mol. The van der Waals surface area contributed by atoms with E-state index in [1.807, 2.05) is 0 Å². The zero-order chi connectivity index (χ0) is 20.0. The monoisotopic (exact) mass is 371 g/mol. The molecule has 1 atom stereocenters. The van der Waals surface area contributed by atoms with Crippen LogP contribution in [0.3, 0.4) is 0 Å². The number of nitro groups is 1. The number of para-hydroxylation sites is 2. The van der Waals surface area contributed by atoms with Crippen LogP contribution in [0.25, 0.3) is 0 Å². The lowest BCUT2D eigenvalue weighted by atomic mass is 10.0. The molecule has 0 bridgehead atoms. The van der Waals surface area contributed by atoms with Crippen molar-refractivity contribution in [1.82, 2.24) is 5.32 Å². The number of nitro benzene ring substituents is 1. The average Bonchev–Trinajstić information content (AvgIpc) is 2.61. The first-order valence-electron chi connectivity index (χ1n) is 7.92. The number of nitrogens with zero attached hydrogens (tertiary/aromatic N) is 1. The number of anilines is 1. The lowest BCUT2D eigenvalue weighted by molar-refractivity contribution is -0.385. The van der Waals surface area contributed by atoms with Gasteiger partial charge in [0.1, 0.15) is 6.04 Å². The molecular formula is C18H17N3O6. The summed E-state index contributed by atoms with van der Waals surface area (Å²) < 4.78 is 0. The van der Waals surface area contributed by atoms with Gasteiger partial charge in [0.2, 0.25) is 5.91 Å². The second-order valence-corrected chi connectivity index (χ2v) is 5.68. The predicted molar refractivity (Wildman–Crippen MR) is 96.4 cm³/mol. The molecule has 3 N–H and O–H groups in total. The zero-order valence-electron chi connectivity index (χ0n) is 14.3. The van der Waals surface area contributed by atoms with Gasteiger partial charge in [-0.3, -0.25) is 19.7 Å². The number of carbonyl (C=O) groups excluding carboxylic acids is 2. The highest BCUT2D eigenvalue weighted by Gasteiger charge is 2.25. The van der Waals surface area contributed by atoms with E-state index in [0.29, 0.717) is 0 Å². The van der Waals surface area contributed by atoms with Crippen LogP contribution in [0.5, 0.6) is 0 Å². The van der Waals surface area contributed by atoms with Crippen molar-refractivity contribution in [2.45, 2.75) is 19.4 Å². The number of carboxylic acids is 1. The fraction of sp³-hybridized carbons (Fsp3) is 0.167. The van der Waals surface area contributed by atoms with Gasteiger partial charge in [0.15, 0.2) is 0 Å². The Morgan fingerprint density at radius 3 is 2.37 bits per heavy atom. The molecule has 0 heterocycles. The van der Waals surface area contributed by atoms with Crippen molar-refractivity contribution < 1.29 is 24.4 Å². The molecule has 0 aliphatic rings. The maximum absolute atomic E-state index is 12.5. The molecule has 0 saturated heterocycles. The zero-order valence-corrected chi connectivity index (χ0v) is 14.3. The number of carboxylic acid groups (broad SMARTS) is 1. The number of amides is 2.